The van der Waals surface area contributed by atoms with Gasteiger partial charge in [0.2, 0.25) is 5.56 Å². The first kappa shape index (κ1) is 14.5. The monoisotopic (exact) mass is 308 g/mol. The van der Waals surface area contributed by atoms with Crippen LogP contribution in [0, 0.1) is 0 Å². The topological polar surface area (TPSA) is 104 Å². The molecular formula is C16H12N4O3. The summed E-state index contributed by atoms with van der Waals surface area (Å²) in [6.45, 7) is 0. The third-order valence-electron chi connectivity index (χ3n) is 3.21. The smallest absolute Gasteiger partial charge is 0.271 e. The Morgan fingerprint density at radius 3 is 2.57 bits per heavy atom. The van der Waals surface area contributed by atoms with Crippen molar-refractivity contribution in [1.29, 1.82) is 0 Å². The van der Waals surface area contributed by atoms with Crippen molar-refractivity contribution in [2.75, 3.05) is 0 Å². The molecule has 23 heavy (non-hydrogen) atoms. The van der Waals surface area contributed by atoms with Crippen LogP contribution in [0.5, 0.6) is 0 Å². The predicted octanol–water partition coefficient (Wildman–Crippen LogP) is 0.998. The van der Waals surface area contributed by atoms with Crippen molar-refractivity contribution in [1.82, 2.24) is 20.8 Å². The molecule has 3 aromatic rings. The van der Waals surface area contributed by atoms with Crippen molar-refractivity contribution in [3.05, 3.63) is 76.3 Å². The first-order chi connectivity index (χ1) is 11.1. The zero-order chi connectivity index (χ0) is 16.2. The van der Waals surface area contributed by atoms with Gasteiger partial charge in [-0.25, -0.2) is 0 Å². The molecule has 3 N–H and O–H groups in total. The molecule has 1 aromatic carbocycles. The predicted molar refractivity (Wildman–Crippen MR) is 83.7 cm³/mol. The van der Waals surface area contributed by atoms with Crippen molar-refractivity contribution >= 4 is 22.7 Å². The van der Waals surface area contributed by atoms with Gasteiger partial charge in [-0.3, -0.25) is 30.2 Å². The van der Waals surface area contributed by atoms with E-state index in [4.69, 9.17) is 0 Å². The van der Waals surface area contributed by atoms with E-state index in [2.05, 4.69) is 20.8 Å². The second-order valence-electron chi connectivity index (χ2n) is 4.74. The van der Waals surface area contributed by atoms with Crippen LogP contribution in [0.4, 0.5) is 0 Å². The van der Waals surface area contributed by atoms with Crippen LogP contribution in [0.2, 0.25) is 0 Å². The van der Waals surface area contributed by atoms with Gasteiger partial charge in [0.25, 0.3) is 11.8 Å². The number of rotatable bonds is 2. The molecule has 0 saturated heterocycles. The average molecular weight is 308 g/mol. The minimum Gasteiger partial charge on any atom is -0.322 e. The van der Waals surface area contributed by atoms with Gasteiger partial charge >= 0.3 is 0 Å². The van der Waals surface area contributed by atoms with Gasteiger partial charge in [0.05, 0.1) is 11.1 Å². The molecule has 7 nitrogen and oxygen atoms in total. The van der Waals surface area contributed by atoms with Gasteiger partial charge in [-0.15, -0.1) is 0 Å². The number of benzene rings is 1. The first-order valence-electron chi connectivity index (χ1n) is 6.78. The molecule has 0 unspecified atom stereocenters. The number of amides is 2. The maximum Gasteiger partial charge on any atom is 0.271 e. The van der Waals surface area contributed by atoms with E-state index in [0.717, 1.165) is 0 Å². The molecule has 114 valence electrons. The minimum atomic E-state index is -0.579. The van der Waals surface area contributed by atoms with Crippen LogP contribution in [-0.4, -0.2) is 21.8 Å². The van der Waals surface area contributed by atoms with Crippen LogP contribution in [0.15, 0.2) is 59.7 Å². The summed E-state index contributed by atoms with van der Waals surface area (Å²) in [6.07, 6.45) is 2.92. The Morgan fingerprint density at radius 1 is 1.00 bits per heavy atom. The van der Waals surface area contributed by atoms with E-state index >= 15 is 0 Å². The largest absolute Gasteiger partial charge is 0.322 e. The molecule has 0 radical (unpaired) electrons. The standard InChI is InChI=1S/C16H12N4O3/c21-14-8-12(11-5-1-2-6-13(11)18-14)16(23)20-19-15(22)10-4-3-7-17-9-10/h1-9H,(H,18,21)(H,19,22)(H,20,23). The number of nitrogens with one attached hydrogen (secondary N) is 3. The molecule has 0 aliphatic heterocycles. The molecule has 2 aromatic heterocycles. The van der Waals surface area contributed by atoms with E-state index in [1.165, 1.54) is 18.5 Å². The van der Waals surface area contributed by atoms with E-state index < -0.39 is 17.4 Å². The molecule has 3 rings (SSSR count). The fraction of sp³-hybridized carbons (Fsp3) is 0. The van der Waals surface area contributed by atoms with E-state index in [1.54, 1.807) is 36.4 Å². The van der Waals surface area contributed by atoms with Crippen LogP contribution in [0.25, 0.3) is 10.9 Å². The summed E-state index contributed by atoms with van der Waals surface area (Å²) in [6, 6.07) is 11.3. The second-order valence-corrected chi connectivity index (χ2v) is 4.74. The lowest BCUT2D eigenvalue weighted by atomic mass is 10.1. The lowest BCUT2D eigenvalue weighted by Gasteiger charge is -2.09. The van der Waals surface area contributed by atoms with E-state index in [-0.39, 0.29) is 5.56 Å². The number of hydrogen-bond acceptors (Lipinski definition) is 4. The van der Waals surface area contributed by atoms with Gasteiger partial charge in [-0.2, -0.15) is 0 Å². The van der Waals surface area contributed by atoms with Crippen LogP contribution in [0.1, 0.15) is 20.7 Å². The van der Waals surface area contributed by atoms with Crippen LogP contribution in [0.3, 0.4) is 0 Å². The van der Waals surface area contributed by atoms with Gasteiger partial charge in [0, 0.05) is 29.4 Å². The fourth-order valence-electron chi connectivity index (χ4n) is 2.14. The number of hydrogen-bond donors (Lipinski definition) is 3. The average Bonchev–Trinajstić information content (AvgIpc) is 2.59. The van der Waals surface area contributed by atoms with Crippen molar-refractivity contribution in [3.63, 3.8) is 0 Å². The van der Waals surface area contributed by atoms with Crippen LogP contribution in [-0.2, 0) is 0 Å². The Kier molecular flexibility index (Phi) is 3.84. The summed E-state index contributed by atoms with van der Waals surface area (Å²) in [5.41, 5.74) is 5.22. The third kappa shape index (κ3) is 3.08. The normalized spacial score (nSPS) is 10.3. The van der Waals surface area contributed by atoms with Crippen molar-refractivity contribution < 1.29 is 9.59 Å². The number of carbonyl (C=O) groups excluding carboxylic acids is 2. The maximum atomic E-state index is 12.3. The molecule has 2 amide bonds. The van der Waals surface area contributed by atoms with Gasteiger partial charge < -0.3 is 4.98 Å². The Morgan fingerprint density at radius 2 is 1.78 bits per heavy atom. The quantitative estimate of drug-likeness (QED) is 0.614. The molecule has 7 heteroatoms. The molecule has 0 bridgehead atoms. The van der Waals surface area contributed by atoms with Gasteiger partial charge in [-0.1, -0.05) is 18.2 Å². The molecular weight excluding hydrogens is 296 g/mol. The highest BCUT2D eigenvalue weighted by Gasteiger charge is 2.13. The van der Waals surface area contributed by atoms with E-state index in [0.29, 0.717) is 16.5 Å². The molecule has 0 atom stereocenters. The molecule has 0 spiro atoms. The molecule has 2 heterocycles. The fourth-order valence-corrected chi connectivity index (χ4v) is 2.14. The Bertz CT molecular complexity index is 935. The second kappa shape index (κ2) is 6.10. The summed E-state index contributed by atoms with van der Waals surface area (Å²) in [5, 5.41) is 0.584. The van der Waals surface area contributed by atoms with Gasteiger partial charge in [-0.05, 0) is 18.2 Å². The zero-order valence-electron chi connectivity index (χ0n) is 11.9. The summed E-state index contributed by atoms with van der Waals surface area (Å²) in [4.78, 5) is 42.2. The number of aromatic amines is 1. The summed E-state index contributed by atoms with van der Waals surface area (Å²) < 4.78 is 0. The number of carbonyl (C=O) groups is 2. The van der Waals surface area contributed by atoms with Gasteiger partial charge in [0.15, 0.2) is 0 Å². The Hall–Kier alpha value is -3.48. The van der Waals surface area contributed by atoms with E-state index in [1.807, 2.05) is 0 Å². The van der Waals surface area contributed by atoms with Crippen molar-refractivity contribution in [2.24, 2.45) is 0 Å². The number of aromatic nitrogens is 2. The SMILES string of the molecule is O=C(NNC(=O)c1cc(=O)[nH]c2ccccc12)c1cccnc1. The Balaban J connectivity index is 1.82. The highest BCUT2D eigenvalue weighted by molar-refractivity contribution is 6.07. The van der Waals surface area contributed by atoms with Crippen LogP contribution < -0.4 is 16.4 Å². The number of H-pyrrole nitrogens is 1. The number of fused-ring (bicyclic) bond motifs is 1. The minimum absolute atomic E-state index is 0.177. The number of nitrogens with zero attached hydrogens (tertiary/aromatic N) is 1. The summed E-state index contributed by atoms with van der Waals surface area (Å²) >= 11 is 0. The Labute approximate surface area is 130 Å². The lowest BCUT2D eigenvalue weighted by Crippen LogP contribution is -2.42. The number of para-hydroxylation sites is 1. The summed E-state index contributed by atoms with van der Waals surface area (Å²) in [5.74, 6) is -1.08. The van der Waals surface area contributed by atoms with Gasteiger partial charge in [0.1, 0.15) is 0 Å². The third-order valence-corrected chi connectivity index (χ3v) is 3.21. The molecule has 0 aliphatic carbocycles. The highest BCUT2D eigenvalue weighted by atomic mass is 16.2. The number of pyridine rings is 2. The van der Waals surface area contributed by atoms with Crippen molar-refractivity contribution in [3.8, 4) is 0 Å². The lowest BCUT2D eigenvalue weighted by molar-refractivity contribution is 0.0847. The first-order valence-corrected chi connectivity index (χ1v) is 6.78. The number of hydrazine groups is 1. The molecule has 0 aliphatic rings. The summed E-state index contributed by atoms with van der Waals surface area (Å²) in [7, 11) is 0. The maximum absolute atomic E-state index is 12.3. The molecule has 0 fully saturated rings. The van der Waals surface area contributed by atoms with E-state index in [9.17, 15) is 14.4 Å². The van der Waals surface area contributed by atoms with Crippen molar-refractivity contribution in [2.45, 2.75) is 0 Å². The molecule has 0 saturated carbocycles. The highest BCUT2D eigenvalue weighted by Crippen LogP contribution is 2.14. The van der Waals surface area contributed by atoms with Crippen LogP contribution >= 0.6 is 0 Å². The zero-order valence-corrected chi connectivity index (χ0v) is 11.9.